The molecule has 1 aromatic rings. The molecule has 4 atom stereocenters. The predicted octanol–water partition coefficient (Wildman–Crippen LogP) is -2.32. The number of benzene rings is 1. The summed E-state index contributed by atoms with van der Waals surface area (Å²) in [6, 6.07) is 3.89. The molecule has 14 nitrogen and oxygen atoms in total. The number of hydrogen-bond acceptors (Lipinski definition) is 7. The molecule has 14 heteroatoms. The molecule has 1 aromatic carbocycles. The van der Waals surface area contributed by atoms with Crippen molar-refractivity contribution in [3.8, 4) is 0 Å². The first kappa shape index (κ1) is 31.8. The Kier molecular flexibility index (Phi) is 13.2. The maximum absolute atomic E-state index is 13.3. The minimum Gasteiger partial charge on any atom is -0.480 e. The van der Waals surface area contributed by atoms with Crippen molar-refractivity contribution in [2.45, 2.75) is 63.7 Å². The molecule has 0 bridgehead atoms. The molecular weight excluding hydrogens is 496 g/mol. The van der Waals surface area contributed by atoms with E-state index in [1.165, 1.54) is 0 Å². The van der Waals surface area contributed by atoms with Gasteiger partial charge in [-0.2, -0.15) is 0 Å². The van der Waals surface area contributed by atoms with E-state index < -0.39 is 60.2 Å². The summed E-state index contributed by atoms with van der Waals surface area (Å²) in [6.45, 7) is 3.70. The zero-order chi connectivity index (χ0) is 28.8. The Bertz CT molecular complexity index is 997. The van der Waals surface area contributed by atoms with E-state index in [0.717, 1.165) is 0 Å². The number of aliphatic carboxylic acids is 1. The van der Waals surface area contributed by atoms with Crippen LogP contribution in [0.4, 0.5) is 0 Å². The number of amides is 4. The SMILES string of the molecule is CC(C)C(N)C(=O)NC(CCCN=C(N)N)C(=O)NC(Cc1ccccc1)C(=O)NC(CC(N)=O)C(=O)O. The van der Waals surface area contributed by atoms with E-state index in [1.54, 1.807) is 44.2 Å². The minimum absolute atomic E-state index is 0.00149. The van der Waals surface area contributed by atoms with Crippen molar-refractivity contribution in [3.63, 3.8) is 0 Å². The van der Waals surface area contributed by atoms with Crippen LogP contribution in [0.2, 0.25) is 0 Å². The van der Waals surface area contributed by atoms with E-state index in [9.17, 15) is 29.1 Å². The molecule has 0 fully saturated rings. The second-order valence-corrected chi connectivity index (χ2v) is 9.10. The molecule has 38 heavy (non-hydrogen) atoms. The van der Waals surface area contributed by atoms with Gasteiger partial charge in [0.05, 0.1) is 12.5 Å². The van der Waals surface area contributed by atoms with Gasteiger partial charge in [0.25, 0.3) is 0 Å². The van der Waals surface area contributed by atoms with Gasteiger partial charge in [0, 0.05) is 13.0 Å². The van der Waals surface area contributed by atoms with Crippen LogP contribution < -0.4 is 38.9 Å². The maximum Gasteiger partial charge on any atom is 0.326 e. The summed E-state index contributed by atoms with van der Waals surface area (Å²) < 4.78 is 0. The predicted molar refractivity (Wildman–Crippen MR) is 140 cm³/mol. The molecule has 4 unspecified atom stereocenters. The Labute approximate surface area is 221 Å². The third-order valence-electron chi connectivity index (χ3n) is 5.53. The van der Waals surface area contributed by atoms with E-state index in [-0.39, 0.29) is 31.3 Å². The molecular formula is C24H38N8O6. The zero-order valence-electron chi connectivity index (χ0n) is 21.6. The lowest BCUT2D eigenvalue weighted by Crippen LogP contribution is -2.58. The summed E-state index contributed by atoms with van der Waals surface area (Å²) in [5.74, 6) is -4.81. The van der Waals surface area contributed by atoms with Crippen molar-refractivity contribution in [2.75, 3.05) is 6.54 Å². The monoisotopic (exact) mass is 534 g/mol. The average molecular weight is 535 g/mol. The number of guanidine groups is 1. The third-order valence-corrected chi connectivity index (χ3v) is 5.53. The number of primary amides is 1. The Morgan fingerprint density at radius 2 is 1.42 bits per heavy atom. The van der Waals surface area contributed by atoms with Crippen LogP contribution in [-0.4, -0.2) is 71.4 Å². The highest BCUT2D eigenvalue weighted by Crippen LogP contribution is 2.08. The van der Waals surface area contributed by atoms with Crippen molar-refractivity contribution in [3.05, 3.63) is 35.9 Å². The summed E-state index contributed by atoms with van der Waals surface area (Å²) in [4.78, 5) is 65.6. The quantitative estimate of drug-likeness (QED) is 0.0642. The van der Waals surface area contributed by atoms with E-state index in [4.69, 9.17) is 22.9 Å². The van der Waals surface area contributed by atoms with Crippen molar-refractivity contribution >= 4 is 35.6 Å². The van der Waals surface area contributed by atoms with Gasteiger partial charge in [-0.3, -0.25) is 24.2 Å². The molecule has 0 saturated heterocycles. The first-order valence-corrected chi connectivity index (χ1v) is 12.1. The molecule has 0 spiro atoms. The fourth-order valence-corrected chi connectivity index (χ4v) is 3.35. The Hall–Kier alpha value is -4.20. The molecule has 0 aliphatic rings. The van der Waals surface area contributed by atoms with Crippen LogP contribution >= 0.6 is 0 Å². The van der Waals surface area contributed by atoms with Gasteiger partial charge in [0.2, 0.25) is 23.6 Å². The number of rotatable bonds is 16. The lowest BCUT2D eigenvalue weighted by atomic mass is 10.0. The topological polar surface area (TPSA) is 258 Å². The van der Waals surface area contributed by atoms with E-state index in [2.05, 4.69) is 20.9 Å². The van der Waals surface area contributed by atoms with Gasteiger partial charge in [0.15, 0.2) is 5.96 Å². The van der Waals surface area contributed by atoms with Crippen molar-refractivity contribution in [1.82, 2.24) is 16.0 Å². The molecule has 0 radical (unpaired) electrons. The molecule has 4 amide bonds. The lowest BCUT2D eigenvalue weighted by Gasteiger charge is -2.25. The highest BCUT2D eigenvalue weighted by Gasteiger charge is 2.31. The van der Waals surface area contributed by atoms with Crippen LogP contribution in [0.3, 0.4) is 0 Å². The van der Waals surface area contributed by atoms with Gasteiger partial charge in [0.1, 0.15) is 18.1 Å². The number of hydrogen-bond donors (Lipinski definition) is 8. The van der Waals surface area contributed by atoms with Gasteiger partial charge in [-0.25, -0.2) is 4.79 Å². The standard InChI is InChI=1S/C24H38N8O6/c1-13(2)19(26)22(36)30-15(9-6-10-29-24(27)28)20(34)31-16(11-14-7-4-3-5-8-14)21(35)32-17(23(37)38)12-18(25)33/h3-5,7-8,13,15-17,19H,6,9-12,26H2,1-2H3,(H2,25,33)(H,30,36)(H,31,34)(H,32,35)(H,37,38)(H4,27,28,29). The second-order valence-electron chi connectivity index (χ2n) is 9.10. The number of nitrogens with two attached hydrogens (primary N) is 4. The van der Waals surface area contributed by atoms with Crippen LogP contribution in [0, 0.1) is 5.92 Å². The number of nitrogens with one attached hydrogen (secondary N) is 3. The molecule has 0 heterocycles. The molecule has 0 aliphatic heterocycles. The first-order valence-electron chi connectivity index (χ1n) is 12.1. The zero-order valence-corrected chi connectivity index (χ0v) is 21.6. The van der Waals surface area contributed by atoms with E-state index >= 15 is 0 Å². The van der Waals surface area contributed by atoms with Crippen LogP contribution in [-0.2, 0) is 30.4 Å². The average Bonchev–Trinajstić information content (AvgIpc) is 2.84. The second kappa shape index (κ2) is 15.8. The number of nitrogens with zero attached hydrogens (tertiary/aromatic N) is 1. The van der Waals surface area contributed by atoms with E-state index in [0.29, 0.717) is 12.0 Å². The van der Waals surface area contributed by atoms with Crippen LogP contribution in [0.1, 0.15) is 38.7 Å². The van der Waals surface area contributed by atoms with Gasteiger partial charge in [-0.1, -0.05) is 44.2 Å². The third kappa shape index (κ3) is 11.7. The van der Waals surface area contributed by atoms with E-state index in [1.807, 2.05) is 0 Å². The minimum atomic E-state index is -1.59. The number of aliphatic imine (C=N–C) groups is 1. The number of carbonyl (C=O) groups is 5. The van der Waals surface area contributed by atoms with Crippen molar-refractivity contribution in [2.24, 2.45) is 33.8 Å². The number of carboxylic acid groups (broad SMARTS) is 1. The normalized spacial score (nSPS) is 13.9. The highest BCUT2D eigenvalue weighted by molar-refractivity contribution is 5.95. The van der Waals surface area contributed by atoms with Crippen molar-refractivity contribution in [1.29, 1.82) is 0 Å². The smallest absolute Gasteiger partial charge is 0.326 e. The van der Waals surface area contributed by atoms with Gasteiger partial charge < -0.3 is 44.0 Å². The Morgan fingerprint density at radius 3 is 1.95 bits per heavy atom. The van der Waals surface area contributed by atoms with Crippen LogP contribution in [0.25, 0.3) is 0 Å². The number of carboxylic acids is 1. The molecule has 0 aromatic heterocycles. The Morgan fingerprint density at radius 1 is 0.868 bits per heavy atom. The first-order chi connectivity index (χ1) is 17.8. The van der Waals surface area contributed by atoms with Crippen LogP contribution in [0.15, 0.2) is 35.3 Å². The van der Waals surface area contributed by atoms with Gasteiger partial charge >= 0.3 is 5.97 Å². The molecule has 1 rings (SSSR count). The summed E-state index contributed by atoms with van der Waals surface area (Å²) >= 11 is 0. The molecule has 0 aliphatic carbocycles. The fraction of sp³-hybridized carbons (Fsp3) is 0.500. The van der Waals surface area contributed by atoms with Gasteiger partial charge in [-0.05, 0) is 24.3 Å². The largest absolute Gasteiger partial charge is 0.480 e. The highest BCUT2D eigenvalue weighted by atomic mass is 16.4. The molecule has 0 saturated carbocycles. The van der Waals surface area contributed by atoms with Crippen molar-refractivity contribution < 1.29 is 29.1 Å². The summed E-state index contributed by atoms with van der Waals surface area (Å²) in [5, 5.41) is 16.8. The lowest BCUT2D eigenvalue weighted by molar-refractivity contribution is -0.143. The summed E-state index contributed by atoms with van der Waals surface area (Å²) in [5.41, 5.74) is 22.4. The van der Waals surface area contributed by atoms with Crippen LogP contribution in [0.5, 0.6) is 0 Å². The Balaban J connectivity index is 3.17. The number of carbonyl (C=O) groups excluding carboxylic acids is 4. The summed E-state index contributed by atoms with van der Waals surface area (Å²) in [7, 11) is 0. The maximum atomic E-state index is 13.3. The fourth-order valence-electron chi connectivity index (χ4n) is 3.35. The molecule has 12 N–H and O–H groups in total. The summed E-state index contributed by atoms with van der Waals surface area (Å²) in [6.07, 6.45) is -0.189. The molecule has 210 valence electrons. The van der Waals surface area contributed by atoms with Gasteiger partial charge in [-0.15, -0.1) is 0 Å².